The van der Waals surface area contributed by atoms with Crippen molar-refractivity contribution >= 4 is 0 Å². The number of hydrogen-bond acceptors (Lipinski definition) is 3. The minimum absolute atomic E-state index is 0.262. The minimum Gasteiger partial charge on any atom is -0.395 e. The average Bonchev–Trinajstić information content (AvgIpc) is 2.80. The van der Waals surface area contributed by atoms with E-state index in [4.69, 9.17) is 5.11 Å². The molecule has 82 valence electrons. The summed E-state index contributed by atoms with van der Waals surface area (Å²) >= 11 is 0. The smallest absolute Gasteiger partial charge is 0.0585 e. The Labute approximate surface area is 86.5 Å². The van der Waals surface area contributed by atoms with Crippen LogP contribution in [0.25, 0.3) is 0 Å². The average molecular weight is 198 g/mol. The predicted octanol–water partition coefficient (Wildman–Crippen LogP) is 0.441. The number of piperidine rings is 1. The minimum atomic E-state index is 0.262. The highest BCUT2D eigenvalue weighted by atomic mass is 16.3. The van der Waals surface area contributed by atoms with Gasteiger partial charge in [-0.15, -0.1) is 0 Å². The number of likely N-dealkylation sites (tertiary alicyclic amines) is 1. The largest absolute Gasteiger partial charge is 0.395 e. The van der Waals surface area contributed by atoms with Crippen LogP contribution in [0.1, 0.15) is 25.7 Å². The molecule has 3 heteroatoms. The Morgan fingerprint density at radius 2 is 2.36 bits per heavy atom. The van der Waals surface area contributed by atoms with E-state index >= 15 is 0 Å². The third-order valence-corrected chi connectivity index (χ3v) is 3.92. The van der Waals surface area contributed by atoms with Gasteiger partial charge in [0, 0.05) is 25.2 Å². The first kappa shape index (κ1) is 10.4. The van der Waals surface area contributed by atoms with Crippen molar-refractivity contribution in [3.63, 3.8) is 0 Å². The highest BCUT2D eigenvalue weighted by molar-refractivity contribution is 4.92. The molecule has 1 saturated heterocycles. The molecule has 2 N–H and O–H groups in total. The fourth-order valence-electron chi connectivity index (χ4n) is 2.95. The van der Waals surface area contributed by atoms with Crippen molar-refractivity contribution in [2.75, 3.05) is 26.7 Å². The van der Waals surface area contributed by atoms with Crippen LogP contribution in [-0.2, 0) is 0 Å². The third kappa shape index (κ3) is 2.10. The summed E-state index contributed by atoms with van der Waals surface area (Å²) in [5.41, 5.74) is 0. The van der Waals surface area contributed by atoms with Gasteiger partial charge in [0.1, 0.15) is 0 Å². The van der Waals surface area contributed by atoms with E-state index in [0.717, 1.165) is 24.9 Å². The van der Waals surface area contributed by atoms with Gasteiger partial charge < -0.3 is 15.3 Å². The molecule has 1 aliphatic heterocycles. The summed E-state index contributed by atoms with van der Waals surface area (Å²) in [6.45, 7) is 2.73. The molecule has 0 aromatic carbocycles. The number of likely N-dealkylation sites (N-methyl/N-ethyl adjacent to an activating group) is 1. The summed E-state index contributed by atoms with van der Waals surface area (Å²) in [4.78, 5) is 2.62. The van der Waals surface area contributed by atoms with E-state index in [0.29, 0.717) is 0 Å². The summed E-state index contributed by atoms with van der Waals surface area (Å²) in [5, 5.41) is 12.2. The first-order valence-corrected chi connectivity index (χ1v) is 5.85. The SMILES string of the molecule is CNC(CO)CCN1CC2CCC1C2. The van der Waals surface area contributed by atoms with Crippen LogP contribution in [0.2, 0.25) is 0 Å². The van der Waals surface area contributed by atoms with Gasteiger partial charge in [-0.1, -0.05) is 0 Å². The second kappa shape index (κ2) is 4.60. The van der Waals surface area contributed by atoms with Gasteiger partial charge in [-0.25, -0.2) is 0 Å². The van der Waals surface area contributed by atoms with E-state index in [1.54, 1.807) is 0 Å². The monoisotopic (exact) mass is 198 g/mol. The van der Waals surface area contributed by atoms with E-state index in [9.17, 15) is 0 Å². The van der Waals surface area contributed by atoms with E-state index in [1.807, 2.05) is 7.05 Å². The van der Waals surface area contributed by atoms with E-state index < -0.39 is 0 Å². The van der Waals surface area contributed by atoms with Gasteiger partial charge in [0.05, 0.1) is 6.61 Å². The maximum absolute atomic E-state index is 9.05. The molecule has 3 atom stereocenters. The third-order valence-electron chi connectivity index (χ3n) is 3.92. The Balaban J connectivity index is 1.71. The highest BCUT2D eigenvalue weighted by Crippen LogP contribution is 2.37. The molecule has 1 aliphatic carbocycles. The maximum Gasteiger partial charge on any atom is 0.0585 e. The molecule has 1 heterocycles. The zero-order chi connectivity index (χ0) is 9.97. The highest BCUT2D eigenvalue weighted by Gasteiger charge is 2.37. The first-order valence-electron chi connectivity index (χ1n) is 5.85. The van der Waals surface area contributed by atoms with Crippen molar-refractivity contribution in [1.82, 2.24) is 10.2 Å². The zero-order valence-corrected chi connectivity index (χ0v) is 9.08. The summed E-state index contributed by atoms with van der Waals surface area (Å²) in [7, 11) is 1.93. The van der Waals surface area contributed by atoms with Crippen LogP contribution in [0.15, 0.2) is 0 Å². The Kier molecular flexibility index (Phi) is 3.42. The lowest BCUT2D eigenvalue weighted by Crippen LogP contribution is -2.38. The van der Waals surface area contributed by atoms with Crippen molar-refractivity contribution in [3.05, 3.63) is 0 Å². The lowest BCUT2D eigenvalue weighted by Gasteiger charge is -2.28. The summed E-state index contributed by atoms with van der Waals surface area (Å²) in [6.07, 6.45) is 5.38. The molecule has 0 amide bonds. The van der Waals surface area contributed by atoms with Crippen molar-refractivity contribution < 1.29 is 5.11 Å². The van der Waals surface area contributed by atoms with Crippen LogP contribution in [0, 0.1) is 5.92 Å². The molecular formula is C11H22N2O. The van der Waals surface area contributed by atoms with Crippen LogP contribution >= 0.6 is 0 Å². The number of aliphatic hydroxyl groups is 1. The van der Waals surface area contributed by atoms with E-state index in [2.05, 4.69) is 10.2 Å². The lowest BCUT2D eigenvalue weighted by atomic mass is 10.1. The molecule has 2 bridgehead atoms. The molecule has 2 fully saturated rings. The van der Waals surface area contributed by atoms with Crippen LogP contribution in [0.4, 0.5) is 0 Å². The first-order chi connectivity index (χ1) is 6.83. The maximum atomic E-state index is 9.05. The number of rotatable bonds is 5. The molecule has 2 aliphatic rings. The molecule has 2 rings (SSSR count). The summed E-state index contributed by atoms with van der Waals surface area (Å²) in [5.74, 6) is 0.988. The lowest BCUT2D eigenvalue weighted by molar-refractivity contribution is 0.182. The Hall–Kier alpha value is -0.120. The second-order valence-electron chi connectivity index (χ2n) is 4.78. The van der Waals surface area contributed by atoms with Crippen molar-refractivity contribution in [2.45, 2.75) is 37.8 Å². The Morgan fingerprint density at radius 1 is 1.50 bits per heavy atom. The van der Waals surface area contributed by atoms with Crippen LogP contribution in [-0.4, -0.2) is 48.8 Å². The van der Waals surface area contributed by atoms with Crippen molar-refractivity contribution in [2.24, 2.45) is 5.92 Å². The number of fused-ring (bicyclic) bond motifs is 2. The van der Waals surface area contributed by atoms with Crippen molar-refractivity contribution in [1.29, 1.82) is 0 Å². The van der Waals surface area contributed by atoms with Gasteiger partial charge >= 0.3 is 0 Å². The number of aliphatic hydroxyl groups excluding tert-OH is 1. The summed E-state index contributed by atoms with van der Waals surface area (Å²) in [6, 6.07) is 1.16. The second-order valence-corrected chi connectivity index (χ2v) is 4.78. The molecule has 1 saturated carbocycles. The fraction of sp³-hybridized carbons (Fsp3) is 1.00. The van der Waals surface area contributed by atoms with E-state index in [-0.39, 0.29) is 12.6 Å². The molecule has 3 nitrogen and oxygen atoms in total. The summed E-state index contributed by atoms with van der Waals surface area (Å²) < 4.78 is 0. The zero-order valence-electron chi connectivity index (χ0n) is 9.08. The van der Waals surface area contributed by atoms with Crippen LogP contribution < -0.4 is 5.32 Å². The van der Waals surface area contributed by atoms with Gasteiger partial charge in [0.25, 0.3) is 0 Å². The predicted molar refractivity (Wildman–Crippen MR) is 57.3 cm³/mol. The quantitative estimate of drug-likeness (QED) is 0.673. The van der Waals surface area contributed by atoms with Gasteiger partial charge in [-0.05, 0) is 38.6 Å². The Morgan fingerprint density at radius 3 is 2.86 bits per heavy atom. The number of nitrogens with zero attached hydrogens (tertiary/aromatic N) is 1. The van der Waals surface area contributed by atoms with Gasteiger partial charge in [-0.3, -0.25) is 0 Å². The molecule has 14 heavy (non-hydrogen) atoms. The normalized spacial score (nSPS) is 33.9. The van der Waals surface area contributed by atoms with Crippen LogP contribution in [0.5, 0.6) is 0 Å². The van der Waals surface area contributed by atoms with Gasteiger partial charge in [0.15, 0.2) is 0 Å². The number of hydrogen-bond donors (Lipinski definition) is 2. The molecule has 0 radical (unpaired) electrons. The molecule has 0 spiro atoms. The van der Waals surface area contributed by atoms with Gasteiger partial charge in [0.2, 0.25) is 0 Å². The molecule has 0 aromatic heterocycles. The molecular weight excluding hydrogens is 176 g/mol. The Bertz CT molecular complexity index is 182. The fourth-order valence-corrected chi connectivity index (χ4v) is 2.95. The standard InChI is InChI=1S/C11H22N2O/c1-12-10(8-14)4-5-13-7-9-2-3-11(13)6-9/h9-12,14H,2-8H2,1H3. The van der Waals surface area contributed by atoms with E-state index in [1.165, 1.54) is 25.8 Å². The molecule has 0 aromatic rings. The van der Waals surface area contributed by atoms with Gasteiger partial charge in [-0.2, -0.15) is 0 Å². The van der Waals surface area contributed by atoms with Crippen LogP contribution in [0.3, 0.4) is 0 Å². The molecule has 3 unspecified atom stereocenters. The van der Waals surface area contributed by atoms with Crippen molar-refractivity contribution in [3.8, 4) is 0 Å². The number of nitrogens with one attached hydrogen (secondary N) is 1. The topological polar surface area (TPSA) is 35.5 Å².